The highest BCUT2D eigenvalue weighted by Crippen LogP contribution is 2.18. The molecule has 2 aromatic rings. The summed E-state index contributed by atoms with van der Waals surface area (Å²) in [6, 6.07) is 4.23. The van der Waals surface area contributed by atoms with Crippen LogP contribution in [0, 0.1) is 13.8 Å². The maximum atomic E-state index is 5.32. The number of H-pyrrole nitrogens is 1. The van der Waals surface area contributed by atoms with Gasteiger partial charge in [-0.3, -0.25) is 5.10 Å². The molecule has 0 saturated heterocycles. The largest absolute Gasteiger partial charge is 0.469 e. The molecule has 0 aliphatic carbocycles. The van der Waals surface area contributed by atoms with Crippen molar-refractivity contribution in [3.05, 3.63) is 35.5 Å². The molecular formula is C12H17N3O. The number of anilines is 1. The number of furan rings is 1. The lowest BCUT2D eigenvalue weighted by atomic mass is 10.2. The number of nitrogens with zero attached hydrogens (tertiary/aromatic N) is 1. The lowest BCUT2D eigenvalue weighted by molar-refractivity contribution is 0.497. The van der Waals surface area contributed by atoms with Crippen LogP contribution < -0.4 is 5.32 Å². The van der Waals surface area contributed by atoms with Gasteiger partial charge in [0, 0.05) is 12.5 Å². The molecular weight excluding hydrogens is 202 g/mol. The third kappa shape index (κ3) is 2.27. The summed E-state index contributed by atoms with van der Waals surface area (Å²) in [5.74, 6) is 0.999. The molecule has 0 spiro atoms. The Kier molecular flexibility index (Phi) is 2.99. The van der Waals surface area contributed by atoms with Gasteiger partial charge in [-0.2, -0.15) is 5.10 Å². The first-order chi connectivity index (χ1) is 7.66. The third-order valence-corrected chi connectivity index (χ3v) is 2.61. The van der Waals surface area contributed by atoms with Gasteiger partial charge in [-0.25, -0.2) is 0 Å². The molecule has 1 atom stereocenters. The number of nitrogens with one attached hydrogen (secondary N) is 2. The van der Waals surface area contributed by atoms with Crippen LogP contribution in [0.15, 0.2) is 22.8 Å². The zero-order valence-corrected chi connectivity index (χ0v) is 9.87. The van der Waals surface area contributed by atoms with E-state index < -0.39 is 0 Å². The quantitative estimate of drug-likeness (QED) is 0.831. The molecule has 0 amide bonds. The highest BCUT2D eigenvalue weighted by molar-refractivity contribution is 5.52. The summed E-state index contributed by atoms with van der Waals surface area (Å²) in [7, 11) is 0. The first kappa shape index (κ1) is 10.8. The molecule has 0 bridgehead atoms. The summed E-state index contributed by atoms with van der Waals surface area (Å²) in [6.45, 7) is 6.14. The molecule has 2 rings (SSSR count). The topological polar surface area (TPSA) is 53.9 Å². The van der Waals surface area contributed by atoms with E-state index in [9.17, 15) is 0 Å². The van der Waals surface area contributed by atoms with Crippen molar-refractivity contribution in [1.29, 1.82) is 0 Å². The van der Waals surface area contributed by atoms with Crippen LogP contribution in [-0.4, -0.2) is 16.2 Å². The Hall–Kier alpha value is -1.71. The van der Waals surface area contributed by atoms with Crippen molar-refractivity contribution in [2.45, 2.75) is 33.2 Å². The zero-order chi connectivity index (χ0) is 11.5. The molecule has 2 aromatic heterocycles. The minimum atomic E-state index is 0.321. The first-order valence-corrected chi connectivity index (χ1v) is 5.47. The number of hydrogen-bond acceptors (Lipinski definition) is 3. The van der Waals surface area contributed by atoms with Gasteiger partial charge in [0.05, 0.1) is 23.3 Å². The Morgan fingerprint density at radius 3 is 2.88 bits per heavy atom. The monoisotopic (exact) mass is 219 g/mol. The molecule has 4 heteroatoms. The molecule has 1 unspecified atom stereocenters. The van der Waals surface area contributed by atoms with Crippen molar-refractivity contribution < 1.29 is 4.42 Å². The van der Waals surface area contributed by atoms with Gasteiger partial charge in [0.1, 0.15) is 5.76 Å². The predicted molar refractivity (Wildman–Crippen MR) is 63.6 cm³/mol. The fraction of sp³-hybridized carbons (Fsp3) is 0.417. The molecule has 86 valence electrons. The van der Waals surface area contributed by atoms with Crippen LogP contribution in [0.3, 0.4) is 0 Å². The van der Waals surface area contributed by atoms with Crippen LogP contribution in [0.5, 0.6) is 0 Å². The average Bonchev–Trinajstić information content (AvgIpc) is 2.83. The van der Waals surface area contributed by atoms with Crippen molar-refractivity contribution >= 4 is 5.69 Å². The van der Waals surface area contributed by atoms with Gasteiger partial charge in [0.25, 0.3) is 0 Å². The molecule has 16 heavy (non-hydrogen) atoms. The molecule has 0 fully saturated rings. The highest BCUT2D eigenvalue weighted by atomic mass is 16.3. The van der Waals surface area contributed by atoms with Crippen LogP contribution >= 0.6 is 0 Å². The summed E-state index contributed by atoms with van der Waals surface area (Å²) in [4.78, 5) is 0. The molecule has 0 saturated carbocycles. The Morgan fingerprint density at radius 2 is 2.31 bits per heavy atom. The Labute approximate surface area is 95.1 Å². The normalized spacial score (nSPS) is 12.7. The fourth-order valence-corrected chi connectivity index (χ4v) is 1.79. The standard InChI is InChI=1S/C12H17N3O/c1-8(7-11-5-4-6-16-11)13-12-9(2)14-15-10(12)3/h4-6,8,13H,7H2,1-3H3,(H,14,15). The summed E-state index contributed by atoms with van der Waals surface area (Å²) in [5, 5.41) is 10.6. The van der Waals surface area contributed by atoms with E-state index in [0.29, 0.717) is 6.04 Å². The lowest BCUT2D eigenvalue weighted by Crippen LogP contribution is -2.18. The Balaban J connectivity index is 2.00. The highest BCUT2D eigenvalue weighted by Gasteiger charge is 2.10. The maximum Gasteiger partial charge on any atom is 0.105 e. The maximum absolute atomic E-state index is 5.32. The van der Waals surface area contributed by atoms with E-state index >= 15 is 0 Å². The number of rotatable bonds is 4. The SMILES string of the molecule is Cc1n[nH]c(C)c1NC(C)Cc1ccco1. The minimum Gasteiger partial charge on any atom is -0.469 e. The summed E-state index contributed by atoms with van der Waals surface area (Å²) < 4.78 is 5.32. The van der Waals surface area contributed by atoms with Gasteiger partial charge in [-0.1, -0.05) is 0 Å². The van der Waals surface area contributed by atoms with Crippen LogP contribution in [0.25, 0.3) is 0 Å². The van der Waals surface area contributed by atoms with Crippen LogP contribution in [-0.2, 0) is 6.42 Å². The number of aryl methyl sites for hydroxylation is 2. The third-order valence-electron chi connectivity index (χ3n) is 2.61. The minimum absolute atomic E-state index is 0.321. The molecule has 0 radical (unpaired) electrons. The predicted octanol–water partition coefficient (Wildman–Crippen LogP) is 2.66. The van der Waals surface area contributed by atoms with Crippen molar-refractivity contribution in [2.75, 3.05) is 5.32 Å². The van der Waals surface area contributed by atoms with Gasteiger partial charge in [0.15, 0.2) is 0 Å². The Morgan fingerprint density at radius 1 is 1.50 bits per heavy atom. The van der Waals surface area contributed by atoms with Gasteiger partial charge in [0.2, 0.25) is 0 Å². The first-order valence-electron chi connectivity index (χ1n) is 5.47. The number of hydrogen-bond donors (Lipinski definition) is 2. The summed E-state index contributed by atoms with van der Waals surface area (Å²) in [5.41, 5.74) is 3.17. The molecule has 0 aliphatic rings. The van der Waals surface area contributed by atoms with Gasteiger partial charge >= 0.3 is 0 Å². The molecule has 0 aliphatic heterocycles. The fourth-order valence-electron chi connectivity index (χ4n) is 1.79. The summed E-state index contributed by atoms with van der Waals surface area (Å²) >= 11 is 0. The Bertz CT molecular complexity index is 425. The van der Waals surface area contributed by atoms with Crippen molar-refractivity contribution in [1.82, 2.24) is 10.2 Å². The van der Waals surface area contributed by atoms with E-state index in [0.717, 1.165) is 29.3 Å². The second kappa shape index (κ2) is 4.43. The zero-order valence-electron chi connectivity index (χ0n) is 9.87. The molecule has 4 nitrogen and oxygen atoms in total. The van der Waals surface area contributed by atoms with E-state index in [1.165, 1.54) is 0 Å². The summed E-state index contributed by atoms with van der Waals surface area (Å²) in [6.07, 6.45) is 2.58. The van der Waals surface area contributed by atoms with Crippen molar-refractivity contribution in [3.63, 3.8) is 0 Å². The van der Waals surface area contributed by atoms with Crippen LogP contribution in [0.2, 0.25) is 0 Å². The number of aromatic amines is 1. The van der Waals surface area contributed by atoms with Crippen molar-refractivity contribution in [3.8, 4) is 0 Å². The van der Waals surface area contributed by atoms with Crippen LogP contribution in [0.1, 0.15) is 24.1 Å². The van der Waals surface area contributed by atoms with Crippen LogP contribution in [0.4, 0.5) is 5.69 Å². The molecule has 2 heterocycles. The average molecular weight is 219 g/mol. The lowest BCUT2D eigenvalue weighted by Gasteiger charge is -2.13. The van der Waals surface area contributed by atoms with E-state index in [4.69, 9.17) is 4.42 Å². The second-order valence-electron chi connectivity index (χ2n) is 4.14. The molecule has 0 aromatic carbocycles. The van der Waals surface area contributed by atoms with Crippen molar-refractivity contribution in [2.24, 2.45) is 0 Å². The molecule has 2 N–H and O–H groups in total. The van der Waals surface area contributed by atoms with E-state index in [1.807, 2.05) is 26.0 Å². The smallest absolute Gasteiger partial charge is 0.105 e. The second-order valence-corrected chi connectivity index (χ2v) is 4.14. The van der Waals surface area contributed by atoms with Gasteiger partial charge in [-0.05, 0) is 32.9 Å². The van der Waals surface area contributed by atoms with Gasteiger partial charge in [-0.15, -0.1) is 0 Å². The van der Waals surface area contributed by atoms with E-state index in [1.54, 1.807) is 6.26 Å². The van der Waals surface area contributed by atoms with E-state index in [2.05, 4.69) is 22.4 Å². The van der Waals surface area contributed by atoms with E-state index in [-0.39, 0.29) is 0 Å². The number of aromatic nitrogens is 2. The van der Waals surface area contributed by atoms with Gasteiger partial charge < -0.3 is 9.73 Å².